The van der Waals surface area contributed by atoms with Gasteiger partial charge < -0.3 is 14.6 Å². The van der Waals surface area contributed by atoms with Gasteiger partial charge in [0.1, 0.15) is 5.82 Å². The minimum Gasteiger partial charge on any atom is -0.379 e. The lowest BCUT2D eigenvalue weighted by atomic mass is 10.2. The monoisotopic (exact) mass is 493 g/mol. The number of amides is 1. The number of sulfonamides is 1. The molecule has 0 spiro atoms. The SMILES string of the molecule is Cc1ccc(NC(=O)[C@H](C)Sc2nnc(C(C)C)n2C2CC2)cc1S(=O)(=O)N1CCOCC1. The quantitative estimate of drug-likeness (QED) is 0.563. The van der Waals surface area contributed by atoms with Crippen molar-refractivity contribution in [1.82, 2.24) is 19.1 Å². The third-order valence-corrected chi connectivity index (χ3v) is 8.91. The van der Waals surface area contributed by atoms with E-state index in [1.807, 2.05) is 6.92 Å². The van der Waals surface area contributed by atoms with Crippen molar-refractivity contribution in [1.29, 1.82) is 0 Å². The third-order valence-electron chi connectivity index (χ3n) is 5.81. The Morgan fingerprint density at radius 2 is 1.88 bits per heavy atom. The van der Waals surface area contributed by atoms with Crippen molar-refractivity contribution < 1.29 is 17.9 Å². The van der Waals surface area contributed by atoms with Gasteiger partial charge in [0.25, 0.3) is 0 Å². The molecule has 1 aromatic heterocycles. The molecule has 0 bridgehead atoms. The van der Waals surface area contributed by atoms with Crippen LogP contribution in [0.5, 0.6) is 0 Å². The van der Waals surface area contributed by atoms with E-state index in [9.17, 15) is 13.2 Å². The molecule has 2 fully saturated rings. The first-order chi connectivity index (χ1) is 15.7. The molecule has 180 valence electrons. The first-order valence-corrected chi connectivity index (χ1v) is 13.6. The van der Waals surface area contributed by atoms with Gasteiger partial charge >= 0.3 is 0 Å². The standard InChI is InChI=1S/C22H31N5O4S2/c1-14(2)20-24-25-22(27(20)18-7-8-18)32-16(4)21(28)23-17-6-5-15(3)19(13-17)33(29,30)26-9-11-31-12-10-26/h5-6,13-14,16,18H,7-12H2,1-4H3,(H,23,28)/t16-/m0/s1. The van der Waals surface area contributed by atoms with Crippen molar-refractivity contribution in [3.8, 4) is 0 Å². The minimum atomic E-state index is -3.66. The van der Waals surface area contributed by atoms with E-state index in [1.54, 1.807) is 25.1 Å². The fourth-order valence-electron chi connectivity index (χ4n) is 3.78. The highest BCUT2D eigenvalue weighted by Gasteiger charge is 2.32. The van der Waals surface area contributed by atoms with Crippen LogP contribution in [0.3, 0.4) is 0 Å². The molecule has 9 nitrogen and oxygen atoms in total. The zero-order valence-electron chi connectivity index (χ0n) is 19.4. The first kappa shape index (κ1) is 24.2. The minimum absolute atomic E-state index is 0.206. The number of anilines is 1. The van der Waals surface area contributed by atoms with E-state index in [4.69, 9.17) is 4.74 Å². The van der Waals surface area contributed by atoms with Crippen LogP contribution in [0.25, 0.3) is 0 Å². The van der Waals surface area contributed by atoms with Gasteiger partial charge in [-0.15, -0.1) is 10.2 Å². The molecule has 1 N–H and O–H groups in total. The number of ether oxygens (including phenoxy) is 1. The molecular formula is C22H31N5O4S2. The average molecular weight is 494 g/mol. The van der Waals surface area contributed by atoms with Gasteiger partial charge in [-0.25, -0.2) is 8.42 Å². The van der Waals surface area contributed by atoms with Gasteiger partial charge in [-0.05, 0) is 44.4 Å². The summed E-state index contributed by atoms with van der Waals surface area (Å²) in [5.41, 5.74) is 1.09. The summed E-state index contributed by atoms with van der Waals surface area (Å²) in [6.45, 7) is 9.18. The first-order valence-electron chi connectivity index (χ1n) is 11.3. The number of hydrogen-bond donors (Lipinski definition) is 1. The number of morpholine rings is 1. The number of aromatic nitrogens is 3. The highest BCUT2D eigenvalue weighted by atomic mass is 32.2. The van der Waals surface area contributed by atoms with Crippen molar-refractivity contribution in [2.24, 2.45) is 0 Å². The summed E-state index contributed by atoms with van der Waals surface area (Å²) in [7, 11) is -3.66. The molecule has 1 atom stereocenters. The van der Waals surface area contributed by atoms with Gasteiger partial charge in [-0.3, -0.25) is 4.79 Å². The zero-order valence-corrected chi connectivity index (χ0v) is 21.1. The highest BCUT2D eigenvalue weighted by Crippen LogP contribution is 2.40. The lowest BCUT2D eigenvalue weighted by molar-refractivity contribution is -0.115. The molecule has 1 aromatic carbocycles. The van der Waals surface area contributed by atoms with E-state index < -0.39 is 15.3 Å². The van der Waals surface area contributed by atoms with Gasteiger partial charge in [-0.1, -0.05) is 31.7 Å². The fraction of sp³-hybridized carbons (Fsp3) is 0.591. The molecule has 2 heterocycles. The van der Waals surface area contributed by atoms with Crippen molar-refractivity contribution in [2.45, 2.75) is 67.8 Å². The molecule has 1 aliphatic carbocycles. The number of nitrogens with zero attached hydrogens (tertiary/aromatic N) is 4. The molecule has 0 unspecified atom stereocenters. The largest absolute Gasteiger partial charge is 0.379 e. The molecule has 2 aliphatic rings. The molecule has 1 amide bonds. The molecule has 33 heavy (non-hydrogen) atoms. The lowest BCUT2D eigenvalue weighted by Crippen LogP contribution is -2.40. The summed E-state index contributed by atoms with van der Waals surface area (Å²) >= 11 is 1.38. The van der Waals surface area contributed by atoms with Crippen LogP contribution < -0.4 is 5.32 Å². The number of aryl methyl sites for hydroxylation is 1. The average Bonchev–Trinajstić information content (AvgIpc) is 3.54. The molecule has 1 saturated heterocycles. The summed E-state index contributed by atoms with van der Waals surface area (Å²) < 4.78 is 35.1. The van der Waals surface area contributed by atoms with Crippen LogP contribution >= 0.6 is 11.8 Å². The topological polar surface area (TPSA) is 106 Å². The number of thioether (sulfide) groups is 1. The Morgan fingerprint density at radius 3 is 2.52 bits per heavy atom. The normalized spacial score (nSPS) is 18.5. The summed E-state index contributed by atoms with van der Waals surface area (Å²) in [5, 5.41) is 11.9. The molecule has 11 heteroatoms. The molecular weight excluding hydrogens is 462 g/mol. The van der Waals surface area contributed by atoms with Crippen LogP contribution in [0.1, 0.15) is 57.0 Å². The van der Waals surface area contributed by atoms with Crippen molar-refractivity contribution in [3.63, 3.8) is 0 Å². The predicted octanol–water partition coefficient (Wildman–Crippen LogP) is 3.19. The lowest BCUT2D eigenvalue weighted by Gasteiger charge is -2.27. The number of nitrogens with one attached hydrogen (secondary N) is 1. The Hall–Kier alpha value is -1.95. The van der Waals surface area contributed by atoms with Crippen LogP contribution in [-0.2, 0) is 19.6 Å². The maximum Gasteiger partial charge on any atom is 0.243 e. The van der Waals surface area contributed by atoms with Crippen LogP contribution in [0.4, 0.5) is 5.69 Å². The zero-order chi connectivity index (χ0) is 23.8. The van der Waals surface area contributed by atoms with Crippen molar-refractivity contribution in [2.75, 3.05) is 31.6 Å². The van der Waals surface area contributed by atoms with Gasteiger partial charge in [0.05, 0.1) is 23.4 Å². The maximum absolute atomic E-state index is 13.1. The van der Waals surface area contributed by atoms with Crippen molar-refractivity contribution in [3.05, 3.63) is 29.6 Å². The van der Waals surface area contributed by atoms with Gasteiger partial charge in [0.2, 0.25) is 15.9 Å². The summed E-state index contributed by atoms with van der Waals surface area (Å²) in [4.78, 5) is 13.1. The number of benzene rings is 1. The summed E-state index contributed by atoms with van der Waals surface area (Å²) in [5.74, 6) is 0.995. The maximum atomic E-state index is 13.1. The second kappa shape index (κ2) is 9.73. The number of carbonyl (C=O) groups is 1. The van der Waals surface area contributed by atoms with Crippen LogP contribution in [-0.4, -0.2) is 64.9 Å². The highest BCUT2D eigenvalue weighted by molar-refractivity contribution is 8.00. The summed E-state index contributed by atoms with van der Waals surface area (Å²) in [6.07, 6.45) is 2.21. The Morgan fingerprint density at radius 1 is 1.18 bits per heavy atom. The van der Waals surface area contributed by atoms with E-state index in [0.29, 0.717) is 43.6 Å². The molecule has 1 aliphatic heterocycles. The van der Waals surface area contributed by atoms with E-state index >= 15 is 0 Å². The van der Waals surface area contributed by atoms with Crippen LogP contribution in [0.2, 0.25) is 0 Å². The molecule has 4 rings (SSSR count). The van der Waals surface area contributed by atoms with Crippen LogP contribution in [0.15, 0.2) is 28.3 Å². The Balaban J connectivity index is 1.48. The van der Waals surface area contributed by atoms with Crippen LogP contribution in [0, 0.1) is 6.92 Å². The van der Waals surface area contributed by atoms with Gasteiger partial charge in [0.15, 0.2) is 5.16 Å². The number of hydrogen-bond acceptors (Lipinski definition) is 7. The third kappa shape index (κ3) is 5.26. The van der Waals surface area contributed by atoms with Gasteiger partial charge in [-0.2, -0.15) is 4.31 Å². The Labute approximate surface area is 199 Å². The summed E-state index contributed by atoms with van der Waals surface area (Å²) in [6, 6.07) is 5.41. The number of carbonyl (C=O) groups excluding carboxylic acids is 1. The van der Waals surface area contributed by atoms with Gasteiger partial charge in [0, 0.05) is 30.7 Å². The Bertz CT molecular complexity index is 1120. The van der Waals surface area contributed by atoms with E-state index in [0.717, 1.165) is 23.8 Å². The predicted molar refractivity (Wildman–Crippen MR) is 127 cm³/mol. The molecule has 1 saturated carbocycles. The van der Waals surface area contributed by atoms with Crippen molar-refractivity contribution >= 4 is 33.4 Å². The van der Waals surface area contributed by atoms with E-state index in [-0.39, 0.29) is 16.7 Å². The molecule has 0 radical (unpaired) electrons. The van der Waals surface area contributed by atoms with E-state index in [1.165, 1.54) is 16.1 Å². The molecule has 2 aromatic rings. The second-order valence-corrected chi connectivity index (χ2v) is 12.1. The number of rotatable bonds is 8. The smallest absolute Gasteiger partial charge is 0.243 e. The second-order valence-electron chi connectivity index (χ2n) is 8.84. The van der Waals surface area contributed by atoms with E-state index in [2.05, 4.69) is 33.9 Å². The fourth-order valence-corrected chi connectivity index (χ4v) is 6.36. The Kier molecular flexibility index (Phi) is 7.13.